The molecular formula is C19H25IN4O. The van der Waals surface area contributed by atoms with Crippen LogP contribution in [0.25, 0.3) is 10.9 Å². The Kier molecular flexibility index (Phi) is 7.36. The van der Waals surface area contributed by atoms with Crippen LogP contribution in [0.5, 0.6) is 0 Å². The number of furan rings is 1. The van der Waals surface area contributed by atoms with Gasteiger partial charge in [-0.15, -0.1) is 24.0 Å². The average Bonchev–Trinajstić information content (AvgIpc) is 3.23. The fourth-order valence-electron chi connectivity index (χ4n) is 2.87. The topological polar surface area (TPSA) is 65.3 Å². The van der Waals surface area contributed by atoms with E-state index in [1.165, 1.54) is 22.0 Å². The molecule has 3 aromatic rings. The van der Waals surface area contributed by atoms with Gasteiger partial charge in [-0.1, -0.05) is 12.1 Å². The second-order valence-corrected chi connectivity index (χ2v) is 5.76. The molecule has 3 rings (SSSR count). The summed E-state index contributed by atoms with van der Waals surface area (Å²) >= 11 is 0. The molecule has 0 aliphatic carbocycles. The first-order valence-corrected chi connectivity index (χ1v) is 8.38. The zero-order chi connectivity index (χ0) is 16.8. The lowest BCUT2D eigenvalue weighted by Crippen LogP contribution is -2.38. The lowest BCUT2D eigenvalue weighted by atomic mass is 10.1. The first kappa shape index (κ1) is 19.4. The van der Waals surface area contributed by atoms with Crippen LogP contribution in [-0.2, 0) is 13.0 Å². The number of hydrogen-bond donors (Lipinski definition) is 3. The van der Waals surface area contributed by atoms with E-state index in [4.69, 9.17) is 4.42 Å². The summed E-state index contributed by atoms with van der Waals surface area (Å²) in [5, 5.41) is 7.98. The van der Waals surface area contributed by atoms with E-state index in [1.54, 1.807) is 6.26 Å². The number of nitrogens with zero attached hydrogens (tertiary/aromatic N) is 1. The standard InChI is InChI=1S/C19H24N4O.HI/c1-3-20-19(23-13-16-7-5-11-24-16)21-10-9-15-12-22-17-8-4-6-14(2)18(15)17;/h4-8,11-12,22H,3,9-10,13H2,1-2H3,(H2,20,21,23);1H. The Balaban J connectivity index is 0.00000225. The summed E-state index contributed by atoms with van der Waals surface area (Å²) in [5.41, 5.74) is 3.84. The monoisotopic (exact) mass is 452 g/mol. The van der Waals surface area contributed by atoms with Crippen molar-refractivity contribution in [3.8, 4) is 0 Å². The molecule has 25 heavy (non-hydrogen) atoms. The summed E-state index contributed by atoms with van der Waals surface area (Å²) in [7, 11) is 0. The van der Waals surface area contributed by atoms with E-state index in [-0.39, 0.29) is 24.0 Å². The van der Waals surface area contributed by atoms with E-state index in [1.807, 2.05) is 12.1 Å². The Bertz CT molecular complexity index is 808. The number of fused-ring (bicyclic) bond motifs is 1. The third kappa shape index (κ3) is 5.01. The number of aryl methyl sites for hydroxylation is 1. The highest BCUT2D eigenvalue weighted by Crippen LogP contribution is 2.22. The molecule has 0 fully saturated rings. The minimum absolute atomic E-state index is 0. The molecule has 5 nitrogen and oxygen atoms in total. The van der Waals surface area contributed by atoms with E-state index in [2.05, 4.69) is 58.9 Å². The van der Waals surface area contributed by atoms with Gasteiger partial charge in [0.1, 0.15) is 12.3 Å². The number of aromatic amines is 1. The SMILES string of the molecule is CCNC(=NCc1ccco1)NCCc1c[nH]c2cccc(C)c12.I. The third-order valence-electron chi connectivity index (χ3n) is 4.00. The Hall–Kier alpha value is -1.96. The van der Waals surface area contributed by atoms with Crippen LogP contribution in [0, 0.1) is 6.92 Å². The van der Waals surface area contributed by atoms with E-state index >= 15 is 0 Å². The number of nitrogens with one attached hydrogen (secondary N) is 3. The van der Waals surface area contributed by atoms with E-state index in [0.717, 1.165) is 31.2 Å². The molecule has 0 saturated carbocycles. The molecule has 0 saturated heterocycles. The zero-order valence-corrected chi connectivity index (χ0v) is 17.0. The number of aromatic nitrogens is 1. The predicted octanol–water partition coefficient (Wildman–Crippen LogP) is 3.99. The van der Waals surface area contributed by atoms with Crippen LogP contribution in [0.2, 0.25) is 0 Å². The normalized spacial score (nSPS) is 11.4. The van der Waals surface area contributed by atoms with Crippen molar-refractivity contribution >= 4 is 40.8 Å². The Morgan fingerprint density at radius 3 is 2.84 bits per heavy atom. The molecule has 6 heteroatoms. The number of hydrogen-bond acceptors (Lipinski definition) is 2. The number of H-pyrrole nitrogens is 1. The predicted molar refractivity (Wildman–Crippen MR) is 114 cm³/mol. The summed E-state index contributed by atoms with van der Waals surface area (Å²) in [6, 6.07) is 10.2. The quantitative estimate of drug-likeness (QED) is 0.301. The van der Waals surface area contributed by atoms with Crippen molar-refractivity contribution in [3.05, 3.63) is 59.7 Å². The van der Waals surface area contributed by atoms with Crippen LogP contribution in [0.15, 0.2) is 52.2 Å². The van der Waals surface area contributed by atoms with Gasteiger partial charge in [0.2, 0.25) is 0 Å². The van der Waals surface area contributed by atoms with Gasteiger partial charge in [-0.05, 0) is 49.6 Å². The molecular weight excluding hydrogens is 427 g/mol. The molecule has 0 spiro atoms. The van der Waals surface area contributed by atoms with Gasteiger partial charge >= 0.3 is 0 Å². The van der Waals surface area contributed by atoms with Crippen molar-refractivity contribution in [2.75, 3.05) is 13.1 Å². The van der Waals surface area contributed by atoms with Crippen molar-refractivity contribution in [2.24, 2.45) is 4.99 Å². The summed E-state index contributed by atoms with van der Waals surface area (Å²) in [4.78, 5) is 7.90. The highest BCUT2D eigenvalue weighted by atomic mass is 127. The highest BCUT2D eigenvalue weighted by Gasteiger charge is 2.06. The summed E-state index contributed by atoms with van der Waals surface area (Å²) < 4.78 is 5.32. The fraction of sp³-hybridized carbons (Fsp3) is 0.316. The molecule has 0 amide bonds. The number of halogens is 1. The second-order valence-electron chi connectivity index (χ2n) is 5.76. The number of benzene rings is 1. The number of rotatable bonds is 6. The molecule has 2 heterocycles. The van der Waals surface area contributed by atoms with Crippen LogP contribution in [0.4, 0.5) is 0 Å². The minimum atomic E-state index is 0. The Labute approximate surface area is 165 Å². The van der Waals surface area contributed by atoms with Crippen LogP contribution in [0.3, 0.4) is 0 Å². The van der Waals surface area contributed by atoms with Crippen molar-refractivity contribution in [1.29, 1.82) is 0 Å². The van der Waals surface area contributed by atoms with Gasteiger partial charge in [-0.3, -0.25) is 0 Å². The average molecular weight is 452 g/mol. The molecule has 3 N–H and O–H groups in total. The Morgan fingerprint density at radius 2 is 2.08 bits per heavy atom. The molecule has 0 aliphatic rings. The number of aliphatic imine (C=N–C) groups is 1. The molecule has 0 aliphatic heterocycles. The molecule has 134 valence electrons. The zero-order valence-electron chi connectivity index (χ0n) is 14.6. The molecule has 0 atom stereocenters. The number of guanidine groups is 1. The maximum absolute atomic E-state index is 5.32. The van der Waals surface area contributed by atoms with Crippen LogP contribution in [0.1, 0.15) is 23.8 Å². The van der Waals surface area contributed by atoms with Crippen molar-refractivity contribution in [2.45, 2.75) is 26.8 Å². The minimum Gasteiger partial charge on any atom is -0.467 e. The van der Waals surface area contributed by atoms with Crippen LogP contribution in [-0.4, -0.2) is 24.0 Å². The van der Waals surface area contributed by atoms with Gasteiger partial charge in [-0.25, -0.2) is 4.99 Å². The Morgan fingerprint density at radius 1 is 1.20 bits per heavy atom. The van der Waals surface area contributed by atoms with E-state index in [0.29, 0.717) is 6.54 Å². The van der Waals surface area contributed by atoms with Crippen molar-refractivity contribution in [1.82, 2.24) is 15.6 Å². The first-order chi connectivity index (χ1) is 11.8. The van der Waals surface area contributed by atoms with Gasteiger partial charge in [0.15, 0.2) is 5.96 Å². The largest absolute Gasteiger partial charge is 0.467 e. The van der Waals surface area contributed by atoms with E-state index in [9.17, 15) is 0 Å². The lowest BCUT2D eigenvalue weighted by molar-refractivity contribution is 0.512. The molecule has 0 unspecified atom stereocenters. The molecule has 0 radical (unpaired) electrons. The van der Waals surface area contributed by atoms with Gasteiger partial charge in [0, 0.05) is 30.2 Å². The maximum atomic E-state index is 5.32. The van der Waals surface area contributed by atoms with Crippen LogP contribution < -0.4 is 10.6 Å². The first-order valence-electron chi connectivity index (χ1n) is 8.38. The van der Waals surface area contributed by atoms with Crippen molar-refractivity contribution < 1.29 is 4.42 Å². The van der Waals surface area contributed by atoms with Gasteiger partial charge in [-0.2, -0.15) is 0 Å². The highest BCUT2D eigenvalue weighted by molar-refractivity contribution is 14.0. The molecule has 0 bridgehead atoms. The third-order valence-corrected chi connectivity index (χ3v) is 4.00. The van der Waals surface area contributed by atoms with Gasteiger partial charge in [0.25, 0.3) is 0 Å². The maximum Gasteiger partial charge on any atom is 0.191 e. The second kappa shape index (κ2) is 9.50. The molecule has 1 aromatic carbocycles. The summed E-state index contributed by atoms with van der Waals surface area (Å²) in [6.45, 7) is 6.41. The van der Waals surface area contributed by atoms with Gasteiger partial charge < -0.3 is 20.0 Å². The van der Waals surface area contributed by atoms with Gasteiger partial charge in [0.05, 0.1) is 6.26 Å². The van der Waals surface area contributed by atoms with E-state index < -0.39 is 0 Å². The summed E-state index contributed by atoms with van der Waals surface area (Å²) in [5.74, 6) is 1.67. The molecule has 2 aromatic heterocycles. The van der Waals surface area contributed by atoms with Crippen molar-refractivity contribution in [3.63, 3.8) is 0 Å². The lowest BCUT2D eigenvalue weighted by Gasteiger charge is -2.11. The summed E-state index contributed by atoms with van der Waals surface area (Å²) in [6.07, 6.45) is 4.72. The van der Waals surface area contributed by atoms with Crippen LogP contribution >= 0.6 is 24.0 Å². The smallest absolute Gasteiger partial charge is 0.191 e. The fourth-order valence-corrected chi connectivity index (χ4v) is 2.87.